The second kappa shape index (κ2) is 13.2. The third-order valence-electron chi connectivity index (χ3n) is 5.89. The van der Waals surface area contributed by atoms with E-state index in [9.17, 15) is 5.11 Å². The van der Waals surface area contributed by atoms with Gasteiger partial charge < -0.3 is 14.7 Å². The minimum Gasteiger partial charge on any atom is -0.508 e. The van der Waals surface area contributed by atoms with E-state index < -0.39 is 0 Å². The number of phenolic OH excluding ortho intramolecular Hbond substituents is 1. The normalized spacial score (nSPS) is 11.4. The first-order chi connectivity index (χ1) is 18.0. The molecular weight excluding hydrogens is 500 g/mol. The first-order valence-electron chi connectivity index (χ1n) is 12.2. The van der Waals surface area contributed by atoms with Crippen molar-refractivity contribution in [1.29, 1.82) is 0 Å². The molecule has 0 heterocycles. The van der Waals surface area contributed by atoms with E-state index in [0.717, 1.165) is 39.4 Å². The van der Waals surface area contributed by atoms with E-state index >= 15 is 0 Å². The van der Waals surface area contributed by atoms with Gasteiger partial charge in [0, 0.05) is 23.0 Å². The fourth-order valence-electron chi connectivity index (χ4n) is 3.92. The van der Waals surface area contributed by atoms with Crippen LogP contribution in [0.1, 0.15) is 22.3 Å². The van der Waals surface area contributed by atoms with Gasteiger partial charge in [0.2, 0.25) is 0 Å². The van der Waals surface area contributed by atoms with Crippen LogP contribution >= 0.6 is 23.4 Å². The van der Waals surface area contributed by atoms with Gasteiger partial charge in [-0.3, -0.25) is 4.99 Å². The van der Waals surface area contributed by atoms with Gasteiger partial charge in [0.15, 0.2) is 5.17 Å². The number of aromatic hydroxyl groups is 1. The summed E-state index contributed by atoms with van der Waals surface area (Å²) in [5.41, 5.74) is 4.71. The summed E-state index contributed by atoms with van der Waals surface area (Å²) in [5.74, 6) is 1.07. The lowest BCUT2D eigenvalue weighted by Crippen LogP contribution is -2.31. The zero-order chi connectivity index (χ0) is 26.0. The number of benzene rings is 4. The number of thioether (sulfide) groups is 1. The zero-order valence-electron chi connectivity index (χ0n) is 21.1. The highest BCUT2D eigenvalue weighted by atomic mass is 35.5. The van der Waals surface area contributed by atoms with Crippen LogP contribution in [0.4, 0.5) is 0 Å². The van der Waals surface area contributed by atoms with Crippen molar-refractivity contribution in [2.45, 2.75) is 31.3 Å². The number of aryl methyl sites for hydroxylation is 1. The van der Waals surface area contributed by atoms with Crippen LogP contribution < -0.4 is 4.74 Å². The largest absolute Gasteiger partial charge is 0.508 e. The summed E-state index contributed by atoms with van der Waals surface area (Å²) < 4.78 is 5.46. The molecule has 4 rings (SSSR count). The molecule has 0 unspecified atom stereocenters. The molecule has 0 aliphatic heterocycles. The molecule has 6 heteroatoms. The number of hydrogen-bond donors (Lipinski definition) is 1. The Morgan fingerprint density at radius 2 is 1.62 bits per heavy atom. The van der Waals surface area contributed by atoms with Gasteiger partial charge in [-0.15, -0.1) is 0 Å². The molecule has 37 heavy (non-hydrogen) atoms. The second-order valence-corrected chi connectivity index (χ2v) is 10.3. The van der Waals surface area contributed by atoms with Crippen LogP contribution in [0, 0.1) is 6.92 Å². The van der Waals surface area contributed by atoms with Crippen molar-refractivity contribution < 1.29 is 9.84 Å². The molecule has 0 bridgehead atoms. The fourth-order valence-corrected chi connectivity index (χ4v) is 4.99. The van der Waals surface area contributed by atoms with Gasteiger partial charge in [-0.2, -0.15) is 0 Å². The first-order valence-corrected chi connectivity index (χ1v) is 13.4. The van der Waals surface area contributed by atoms with Crippen molar-refractivity contribution in [2.75, 3.05) is 13.7 Å². The molecule has 1 N–H and O–H groups in total. The Bertz CT molecular complexity index is 1320. The van der Waals surface area contributed by atoms with E-state index in [-0.39, 0.29) is 5.75 Å². The Labute approximate surface area is 228 Å². The van der Waals surface area contributed by atoms with Crippen LogP contribution in [0.2, 0.25) is 5.02 Å². The second-order valence-electron chi connectivity index (χ2n) is 8.83. The van der Waals surface area contributed by atoms with E-state index in [1.807, 2.05) is 42.5 Å². The van der Waals surface area contributed by atoms with Crippen LogP contribution in [-0.4, -0.2) is 28.8 Å². The van der Waals surface area contributed by atoms with Gasteiger partial charge in [0.05, 0.1) is 13.7 Å². The van der Waals surface area contributed by atoms with E-state index in [1.165, 1.54) is 16.7 Å². The smallest absolute Gasteiger partial charge is 0.164 e. The summed E-state index contributed by atoms with van der Waals surface area (Å²) in [6.07, 6.45) is 0.845. The number of hydrogen-bond acceptors (Lipinski definition) is 4. The molecular formula is C31H31ClN2O2S. The molecule has 4 aromatic rings. The summed E-state index contributed by atoms with van der Waals surface area (Å²) in [5, 5.41) is 11.4. The monoisotopic (exact) mass is 530 g/mol. The molecule has 0 saturated heterocycles. The number of amidine groups is 1. The fraction of sp³-hybridized carbons (Fsp3) is 0.194. The lowest BCUT2D eigenvalue weighted by molar-refractivity contribution is 0.413. The number of phenols is 1. The minimum atomic E-state index is 0.260. The molecule has 4 nitrogen and oxygen atoms in total. The molecule has 0 saturated carbocycles. The number of nitrogens with zero attached hydrogens (tertiary/aromatic N) is 2. The van der Waals surface area contributed by atoms with Crippen LogP contribution in [0.15, 0.2) is 107 Å². The maximum atomic E-state index is 9.79. The maximum absolute atomic E-state index is 9.79. The number of aliphatic imine (C=N–C) groups is 1. The van der Waals surface area contributed by atoms with Crippen LogP contribution in [0.5, 0.6) is 11.5 Å². The Kier molecular flexibility index (Phi) is 9.52. The summed E-state index contributed by atoms with van der Waals surface area (Å²) >= 11 is 7.74. The van der Waals surface area contributed by atoms with Crippen molar-refractivity contribution >= 4 is 28.5 Å². The lowest BCUT2D eigenvalue weighted by Gasteiger charge is -2.26. The molecule has 0 atom stereocenters. The topological polar surface area (TPSA) is 45.1 Å². The summed E-state index contributed by atoms with van der Waals surface area (Å²) in [4.78, 5) is 8.49. The Morgan fingerprint density at radius 1 is 0.892 bits per heavy atom. The van der Waals surface area contributed by atoms with Gasteiger partial charge >= 0.3 is 0 Å². The van der Waals surface area contributed by atoms with Gasteiger partial charge in [-0.1, -0.05) is 83.5 Å². The molecule has 0 aromatic heterocycles. The highest BCUT2D eigenvalue weighted by Crippen LogP contribution is 2.27. The summed E-state index contributed by atoms with van der Waals surface area (Å²) in [6.45, 7) is 4.12. The lowest BCUT2D eigenvalue weighted by atomic mass is 10.1. The molecule has 4 aromatic carbocycles. The molecule has 0 fully saturated rings. The zero-order valence-corrected chi connectivity index (χ0v) is 22.7. The van der Waals surface area contributed by atoms with Crippen molar-refractivity contribution in [3.05, 3.63) is 124 Å². The quantitative estimate of drug-likeness (QED) is 0.136. The Morgan fingerprint density at radius 3 is 2.35 bits per heavy atom. The predicted molar refractivity (Wildman–Crippen MR) is 155 cm³/mol. The van der Waals surface area contributed by atoms with E-state index in [4.69, 9.17) is 21.3 Å². The van der Waals surface area contributed by atoms with Crippen LogP contribution in [0.3, 0.4) is 0 Å². The van der Waals surface area contributed by atoms with E-state index in [0.29, 0.717) is 13.1 Å². The van der Waals surface area contributed by atoms with Gasteiger partial charge in [-0.05, 0) is 72.5 Å². The standard InChI is InChI=1S/C31H31ClN2O2S/c1-23-5-3-6-26(19-23)21-33-31(37-30-8-4-7-29(20-30)36-2)34(22-25-11-15-28(35)16-12-25)18-17-24-9-13-27(32)14-10-24/h3-16,19-20,35H,17-18,21-22H2,1-2H3. The molecule has 0 amide bonds. The number of rotatable bonds is 9. The minimum absolute atomic E-state index is 0.260. The average Bonchev–Trinajstić information content (AvgIpc) is 2.91. The van der Waals surface area contributed by atoms with E-state index in [2.05, 4.69) is 54.3 Å². The SMILES string of the molecule is COc1cccc(SC(=NCc2cccc(C)c2)N(CCc2ccc(Cl)cc2)Cc2ccc(O)cc2)c1. The predicted octanol–water partition coefficient (Wildman–Crippen LogP) is 7.76. The highest BCUT2D eigenvalue weighted by Gasteiger charge is 2.15. The Balaban J connectivity index is 1.66. The molecule has 190 valence electrons. The van der Waals surface area contributed by atoms with E-state index in [1.54, 1.807) is 31.0 Å². The highest BCUT2D eigenvalue weighted by molar-refractivity contribution is 8.13. The third kappa shape index (κ3) is 8.31. The van der Waals surface area contributed by atoms with Crippen LogP contribution in [0.25, 0.3) is 0 Å². The molecule has 0 aliphatic carbocycles. The number of halogens is 1. The van der Waals surface area contributed by atoms with Gasteiger partial charge in [0.25, 0.3) is 0 Å². The number of ether oxygens (including phenoxy) is 1. The van der Waals surface area contributed by atoms with Crippen molar-refractivity contribution in [3.63, 3.8) is 0 Å². The first kappa shape index (κ1) is 26.6. The molecule has 0 aliphatic rings. The van der Waals surface area contributed by atoms with Crippen molar-refractivity contribution in [3.8, 4) is 11.5 Å². The third-order valence-corrected chi connectivity index (χ3v) is 7.21. The summed E-state index contributed by atoms with van der Waals surface area (Å²) in [7, 11) is 1.68. The maximum Gasteiger partial charge on any atom is 0.164 e. The summed E-state index contributed by atoms with van der Waals surface area (Å²) in [6, 6.07) is 31.9. The molecule has 0 spiro atoms. The Hall–Kier alpha value is -3.41. The van der Waals surface area contributed by atoms with Gasteiger partial charge in [0.1, 0.15) is 11.5 Å². The van der Waals surface area contributed by atoms with Crippen LogP contribution in [-0.2, 0) is 19.5 Å². The van der Waals surface area contributed by atoms with Gasteiger partial charge in [-0.25, -0.2) is 0 Å². The molecule has 0 radical (unpaired) electrons. The number of methoxy groups -OCH3 is 1. The van der Waals surface area contributed by atoms with Crippen molar-refractivity contribution in [2.24, 2.45) is 4.99 Å². The van der Waals surface area contributed by atoms with Crippen molar-refractivity contribution in [1.82, 2.24) is 4.90 Å². The average molecular weight is 531 g/mol.